The highest BCUT2D eigenvalue weighted by atomic mass is 16.6. The molecule has 0 aliphatic heterocycles. The Hall–Kier alpha value is -4.98. The molecular formula is C29H24N4O4. The second-order valence-corrected chi connectivity index (χ2v) is 8.74. The third-order valence-electron chi connectivity index (χ3n) is 6.00. The number of benzene rings is 4. The average molecular weight is 493 g/mol. The third-order valence-corrected chi connectivity index (χ3v) is 6.00. The maximum atomic E-state index is 12.9. The largest absolute Gasteiger partial charge is 0.482 e. The number of nitro benzene ring substituents is 1. The number of ether oxygens (including phenoxy) is 1. The molecule has 0 fully saturated rings. The van der Waals surface area contributed by atoms with E-state index in [1.54, 1.807) is 60.4 Å². The van der Waals surface area contributed by atoms with Crippen molar-refractivity contribution < 1.29 is 14.5 Å². The standard InChI is InChI=1S/C29H24N4O4/c1-20-12-13-28(27(14-20)33(35)36)37-19-21-6-4-9-23(15-21)29(34)31-25-16-30-32(18-25)17-24-10-5-8-22-7-2-3-11-26(22)24/h2-16,18H,17,19H2,1H3,(H,31,34). The maximum Gasteiger partial charge on any atom is 0.311 e. The Morgan fingerprint density at radius 1 is 1.03 bits per heavy atom. The van der Waals surface area contributed by atoms with Crippen LogP contribution >= 0.6 is 0 Å². The Morgan fingerprint density at radius 2 is 1.84 bits per heavy atom. The van der Waals surface area contributed by atoms with Gasteiger partial charge in [0.1, 0.15) is 6.61 Å². The molecule has 1 heterocycles. The van der Waals surface area contributed by atoms with Crippen LogP contribution in [0.4, 0.5) is 11.4 Å². The zero-order chi connectivity index (χ0) is 25.8. The number of carbonyl (C=O) groups excluding carboxylic acids is 1. The van der Waals surface area contributed by atoms with Crippen molar-refractivity contribution in [3.8, 4) is 5.75 Å². The molecule has 5 rings (SSSR count). The molecule has 0 spiro atoms. The van der Waals surface area contributed by atoms with Gasteiger partial charge in [-0.25, -0.2) is 0 Å². The lowest BCUT2D eigenvalue weighted by Crippen LogP contribution is -2.12. The zero-order valence-electron chi connectivity index (χ0n) is 20.1. The highest BCUT2D eigenvalue weighted by Crippen LogP contribution is 2.28. The number of nitrogens with one attached hydrogen (secondary N) is 1. The van der Waals surface area contributed by atoms with Crippen LogP contribution in [-0.2, 0) is 13.2 Å². The minimum Gasteiger partial charge on any atom is -0.482 e. The van der Waals surface area contributed by atoms with Gasteiger partial charge < -0.3 is 10.1 Å². The summed E-state index contributed by atoms with van der Waals surface area (Å²) in [6.07, 6.45) is 3.41. The van der Waals surface area contributed by atoms with Crippen molar-refractivity contribution in [2.45, 2.75) is 20.1 Å². The van der Waals surface area contributed by atoms with E-state index in [0.29, 0.717) is 23.4 Å². The van der Waals surface area contributed by atoms with Crippen LogP contribution in [0.2, 0.25) is 0 Å². The molecule has 1 N–H and O–H groups in total. The zero-order valence-corrected chi connectivity index (χ0v) is 20.1. The molecule has 8 heteroatoms. The number of carbonyl (C=O) groups is 1. The summed E-state index contributed by atoms with van der Waals surface area (Å²) in [5, 5.41) is 20.9. The summed E-state index contributed by atoms with van der Waals surface area (Å²) in [5.41, 5.74) is 3.57. The maximum absolute atomic E-state index is 12.9. The van der Waals surface area contributed by atoms with Gasteiger partial charge in [-0.15, -0.1) is 0 Å². The monoisotopic (exact) mass is 492 g/mol. The molecule has 37 heavy (non-hydrogen) atoms. The minimum absolute atomic E-state index is 0.0885. The molecule has 0 radical (unpaired) electrons. The molecule has 0 bridgehead atoms. The summed E-state index contributed by atoms with van der Waals surface area (Å²) >= 11 is 0. The van der Waals surface area contributed by atoms with Gasteiger partial charge in [-0.05, 0) is 52.6 Å². The Labute approximate surface area is 213 Å². The van der Waals surface area contributed by atoms with E-state index in [0.717, 1.165) is 11.1 Å². The molecule has 1 amide bonds. The molecule has 5 aromatic rings. The van der Waals surface area contributed by atoms with E-state index in [9.17, 15) is 14.9 Å². The molecule has 4 aromatic carbocycles. The lowest BCUT2D eigenvalue weighted by molar-refractivity contribution is -0.386. The average Bonchev–Trinajstić information content (AvgIpc) is 3.34. The number of hydrogen-bond donors (Lipinski definition) is 1. The van der Waals surface area contributed by atoms with Gasteiger partial charge in [0.05, 0.1) is 23.4 Å². The number of fused-ring (bicyclic) bond motifs is 1. The summed E-state index contributed by atoms with van der Waals surface area (Å²) in [5.74, 6) is -0.100. The van der Waals surface area contributed by atoms with Crippen molar-refractivity contribution in [1.29, 1.82) is 0 Å². The first-order valence-electron chi connectivity index (χ1n) is 11.7. The molecule has 8 nitrogen and oxygen atoms in total. The number of aryl methyl sites for hydroxylation is 1. The minimum atomic E-state index is -0.466. The fourth-order valence-corrected chi connectivity index (χ4v) is 4.18. The summed E-state index contributed by atoms with van der Waals surface area (Å²) in [6, 6.07) is 26.1. The van der Waals surface area contributed by atoms with Crippen molar-refractivity contribution >= 4 is 28.1 Å². The smallest absolute Gasteiger partial charge is 0.311 e. The number of anilines is 1. The quantitative estimate of drug-likeness (QED) is 0.207. The first-order valence-corrected chi connectivity index (χ1v) is 11.7. The van der Waals surface area contributed by atoms with E-state index in [1.165, 1.54) is 16.8 Å². The van der Waals surface area contributed by atoms with Crippen LogP contribution < -0.4 is 10.1 Å². The Bertz CT molecular complexity index is 1600. The second-order valence-electron chi connectivity index (χ2n) is 8.74. The molecule has 0 saturated heterocycles. The van der Waals surface area contributed by atoms with Crippen LogP contribution in [0.5, 0.6) is 5.75 Å². The molecule has 0 unspecified atom stereocenters. The first-order chi connectivity index (χ1) is 18.0. The Kier molecular flexibility index (Phi) is 6.63. The van der Waals surface area contributed by atoms with E-state index in [4.69, 9.17) is 4.74 Å². The van der Waals surface area contributed by atoms with Crippen molar-refractivity contribution in [2.24, 2.45) is 0 Å². The lowest BCUT2D eigenvalue weighted by Gasteiger charge is -2.09. The molecule has 0 aliphatic carbocycles. The van der Waals surface area contributed by atoms with Crippen molar-refractivity contribution in [2.75, 3.05) is 5.32 Å². The van der Waals surface area contributed by atoms with Crippen LogP contribution in [0.3, 0.4) is 0 Å². The summed E-state index contributed by atoms with van der Waals surface area (Å²) in [7, 11) is 0. The Balaban J connectivity index is 1.25. The summed E-state index contributed by atoms with van der Waals surface area (Å²) < 4.78 is 7.48. The Morgan fingerprint density at radius 3 is 2.70 bits per heavy atom. The van der Waals surface area contributed by atoms with E-state index < -0.39 is 4.92 Å². The number of nitrogens with zero attached hydrogens (tertiary/aromatic N) is 3. The van der Waals surface area contributed by atoms with Crippen LogP contribution in [0.25, 0.3) is 10.8 Å². The highest BCUT2D eigenvalue weighted by Gasteiger charge is 2.16. The van der Waals surface area contributed by atoms with Gasteiger partial charge in [0.2, 0.25) is 0 Å². The molecular weight excluding hydrogens is 468 g/mol. The van der Waals surface area contributed by atoms with Gasteiger partial charge in [-0.3, -0.25) is 19.6 Å². The van der Waals surface area contributed by atoms with Gasteiger partial charge in [0.25, 0.3) is 5.91 Å². The number of rotatable bonds is 8. The fourth-order valence-electron chi connectivity index (χ4n) is 4.18. The normalized spacial score (nSPS) is 10.8. The van der Waals surface area contributed by atoms with Crippen LogP contribution in [0.15, 0.2) is 97.3 Å². The first kappa shape index (κ1) is 23.7. The van der Waals surface area contributed by atoms with Gasteiger partial charge in [0.15, 0.2) is 5.75 Å². The predicted molar refractivity (Wildman–Crippen MR) is 142 cm³/mol. The van der Waals surface area contributed by atoms with Crippen LogP contribution in [-0.4, -0.2) is 20.6 Å². The third kappa shape index (κ3) is 5.48. The lowest BCUT2D eigenvalue weighted by atomic mass is 10.0. The highest BCUT2D eigenvalue weighted by molar-refractivity contribution is 6.04. The van der Waals surface area contributed by atoms with Gasteiger partial charge >= 0.3 is 5.69 Å². The van der Waals surface area contributed by atoms with Crippen molar-refractivity contribution in [1.82, 2.24) is 9.78 Å². The van der Waals surface area contributed by atoms with Gasteiger partial charge in [-0.2, -0.15) is 5.10 Å². The van der Waals surface area contributed by atoms with Crippen molar-refractivity contribution in [3.63, 3.8) is 0 Å². The predicted octanol–water partition coefficient (Wildman–Crippen LogP) is 6.13. The molecule has 184 valence electrons. The van der Waals surface area contributed by atoms with E-state index in [2.05, 4.69) is 34.7 Å². The van der Waals surface area contributed by atoms with E-state index in [-0.39, 0.29) is 24.0 Å². The van der Waals surface area contributed by atoms with Crippen LogP contribution in [0, 0.1) is 17.0 Å². The molecule has 0 aliphatic rings. The fraction of sp³-hybridized carbons (Fsp3) is 0.103. The van der Waals surface area contributed by atoms with Crippen molar-refractivity contribution in [3.05, 3.63) is 130 Å². The second kappa shape index (κ2) is 10.3. The van der Waals surface area contributed by atoms with E-state index >= 15 is 0 Å². The molecule has 0 saturated carbocycles. The SMILES string of the molecule is Cc1ccc(OCc2cccc(C(=O)Nc3cnn(Cc4cccc5ccccc45)c3)c2)c([N+](=O)[O-])c1. The molecule has 0 atom stereocenters. The number of hydrogen-bond acceptors (Lipinski definition) is 5. The van der Waals surface area contributed by atoms with E-state index in [1.807, 2.05) is 18.2 Å². The summed E-state index contributed by atoms with van der Waals surface area (Å²) in [6.45, 7) is 2.45. The van der Waals surface area contributed by atoms with Gasteiger partial charge in [-0.1, -0.05) is 60.7 Å². The van der Waals surface area contributed by atoms with Gasteiger partial charge in [0, 0.05) is 17.8 Å². The topological polar surface area (TPSA) is 99.3 Å². The number of nitro groups is 1. The molecule has 1 aromatic heterocycles. The summed E-state index contributed by atoms with van der Waals surface area (Å²) in [4.78, 5) is 23.7. The number of amides is 1. The van der Waals surface area contributed by atoms with Crippen LogP contribution in [0.1, 0.15) is 27.0 Å². The number of aromatic nitrogens is 2.